The van der Waals surface area contributed by atoms with Crippen LogP contribution in [0.3, 0.4) is 0 Å². The van der Waals surface area contributed by atoms with Crippen LogP contribution in [0.5, 0.6) is 0 Å². The van der Waals surface area contributed by atoms with E-state index < -0.39 is 0 Å². The molecule has 0 spiro atoms. The van der Waals surface area contributed by atoms with Crippen LogP contribution in [0.2, 0.25) is 0 Å². The van der Waals surface area contributed by atoms with Gasteiger partial charge in [0.1, 0.15) is 12.0 Å². The Morgan fingerprint density at radius 3 is 3.08 bits per heavy atom. The van der Waals surface area contributed by atoms with Crippen LogP contribution in [0.4, 0.5) is 0 Å². The molecule has 2 rings (SSSR count). The maximum atomic E-state index is 10.5. The number of rotatable bonds is 1. The van der Waals surface area contributed by atoms with Gasteiger partial charge in [-0.25, -0.2) is 4.98 Å². The number of aromatic nitrogens is 2. The van der Waals surface area contributed by atoms with Gasteiger partial charge in [0.2, 0.25) is 0 Å². The van der Waals surface area contributed by atoms with E-state index in [0.29, 0.717) is 5.69 Å². The van der Waals surface area contributed by atoms with E-state index in [0.717, 1.165) is 16.4 Å². The normalized spacial score (nSPS) is 10.4. The molecule has 0 unspecified atom stereocenters. The highest BCUT2D eigenvalue weighted by Crippen LogP contribution is 2.14. The van der Waals surface area contributed by atoms with Gasteiger partial charge in [-0.15, -0.1) is 0 Å². The van der Waals surface area contributed by atoms with Gasteiger partial charge in [-0.3, -0.25) is 9.20 Å². The average molecular weight is 225 g/mol. The van der Waals surface area contributed by atoms with Gasteiger partial charge in [0.25, 0.3) is 0 Å². The minimum atomic E-state index is 0.469. The lowest BCUT2D eigenvalue weighted by Crippen LogP contribution is -1.84. The number of aldehydes is 1. The zero-order valence-electron chi connectivity index (χ0n) is 6.07. The Kier molecular flexibility index (Phi) is 1.69. The van der Waals surface area contributed by atoms with E-state index in [4.69, 9.17) is 0 Å². The second-order valence-electron chi connectivity index (χ2n) is 2.35. The molecule has 3 nitrogen and oxygen atoms in total. The maximum absolute atomic E-state index is 10.5. The third-order valence-electron chi connectivity index (χ3n) is 1.66. The van der Waals surface area contributed by atoms with Crippen LogP contribution in [0.25, 0.3) is 5.52 Å². The first kappa shape index (κ1) is 7.49. The first-order valence-electron chi connectivity index (χ1n) is 3.39. The van der Waals surface area contributed by atoms with Crippen molar-refractivity contribution in [3.63, 3.8) is 0 Å². The summed E-state index contributed by atoms with van der Waals surface area (Å²) in [6.45, 7) is 0. The van der Waals surface area contributed by atoms with Crippen molar-refractivity contribution in [2.24, 2.45) is 0 Å². The molecule has 2 aromatic heterocycles. The van der Waals surface area contributed by atoms with E-state index in [-0.39, 0.29) is 0 Å². The fourth-order valence-corrected chi connectivity index (χ4v) is 1.53. The van der Waals surface area contributed by atoms with Crippen molar-refractivity contribution in [2.45, 2.75) is 0 Å². The molecule has 0 aliphatic carbocycles. The molecule has 2 heterocycles. The summed E-state index contributed by atoms with van der Waals surface area (Å²) in [5, 5.41) is 0. The monoisotopic (exact) mass is 224 g/mol. The highest BCUT2D eigenvalue weighted by molar-refractivity contribution is 9.10. The van der Waals surface area contributed by atoms with Crippen molar-refractivity contribution in [1.29, 1.82) is 0 Å². The maximum Gasteiger partial charge on any atom is 0.170 e. The van der Waals surface area contributed by atoms with Crippen LogP contribution in [0, 0.1) is 0 Å². The van der Waals surface area contributed by atoms with Gasteiger partial charge in [0.05, 0.1) is 10.1 Å². The second kappa shape index (κ2) is 2.71. The summed E-state index contributed by atoms with van der Waals surface area (Å²) < 4.78 is 2.70. The van der Waals surface area contributed by atoms with Gasteiger partial charge in [0.15, 0.2) is 6.29 Å². The molecule has 2 aromatic rings. The highest BCUT2D eigenvalue weighted by Gasteiger charge is 2.03. The summed E-state index contributed by atoms with van der Waals surface area (Å²) >= 11 is 3.35. The fourth-order valence-electron chi connectivity index (χ4n) is 1.10. The van der Waals surface area contributed by atoms with Crippen LogP contribution in [-0.2, 0) is 0 Å². The van der Waals surface area contributed by atoms with Crippen LogP contribution in [0.1, 0.15) is 10.5 Å². The van der Waals surface area contributed by atoms with E-state index in [2.05, 4.69) is 20.9 Å². The number of hydrogen-bond acceptors (Lipinski definition) is 2. The smallest absolute Gasteiger partial charge is 0.170 e. The number of halogens is 1. The van der Waals surface area contributed by atoms with E-state index in [1.54, 1.807) is 6.33 Å². The van der Waals surface area contributed by atoms with Crippen molar-refractivity contribution < 1.29 is 4.79 Å². The summed E-state index contributed by atoms with van der Waals surface area (Å²) in [6, 6.07) is 5.61. The molecular weight excluding hydrogens is 220 g/mol. The Morgan fingerprint density at radius 2 is 2.33 bits per heavy atom. The van der Waals surface area contributed by atoms with Gasteiger partial charge < -0.3 is 0 Å². The summed E-state index contributed by atoms with van der Waals surface area (Å²) in [4.78, 5) is 14.4. The number of nitrogens with zero attached hydrogens (tertiary/aromatic N) is 2. The molecule has 0 N–H and O–H groups in total. The average Bonchev–Trinajstić information content (AvgIpc) is 2.49. The summed E-state index contributed by atoms with van der Waals surface area (Å²) in [5.74, 6) is 0. The summed E-state index contributed by atoms with van der Waals surface area (Å²) in [6.07, 6.45) is 2.37. The van der Waals surface area contributed by atoms with Crippen molar-refractivity contribution >= 4 is 27.7 Å². The van der Waals surface area contributed by atoms with Gasteiger partial charge in [-0.05, 0) is 28.1 Å². The molecule has 0 amide bonds. The molecule has 12 heavy (non-hydrogen) atoms. The van der Waals surface area contributed by atoms with Crippen molar-refractivity contribution in [3.8, 4) is 0 Å². The Bertz CT molecular complexity index is 436. The minimum absolute atomic E-state index is 0.469. The van der Waals surface area contributed by atoms with Gasteiger partial charge in [-0.2, -0.15) is 0 Å². The largest absolute Gasteiger partial charge is 0.296 e. The molecule has 0 radical (unpaired) electrons. The molecule has 0 fully saturated rings. The van der Waals surface area contributed by atoms with E-state index in [1.165, 1.54) is 0 Å². The van der Waals surface area contributed by atoms with Crippen molar-refractivity contribution in [1.82, 2.24) is 9.38 Å². The summed E-state index contributed by atoms with van der Waals surface area (Å²) in [5.41, 5.74) is 1.29. The molecular formula is C8H5BrN2O. The fraction of sp³-hybridized carbons (Fsp3) is 0. The SMILES string of the molecule is O=Cc1ncn2c(Br)cccc12. The molecule has 0 aliphatic rings. The molecule has 0 atom stereocenters. The van der Waals surface area contributed by atoms with Crippen LogP contribution in [0.15, 0.2) is 29.1 Å². The van der Waals surface area contributed by atoms with Gasteiger partial charge in [-0.1, -0.05) is 6.07 Å². The van der Waals surface area contributed by atoms with Crippen molar-refractivity contribution in [3.05, 3.63) is 34.8 Å². The lowest BCUT2D eigenvalue weighted by atomic mass is 10.3. The molecule has 0 saturated carbocycles. The Labute approximate surface area is 77.2 Å². The molecule has 0 aliphatic heterocycles. The minimum Gasteiger partial charge on any atom is -0.296 e. The Morgan fingerprint density at radius 1 is 1.50 bits per heavy atom. The van der Waals surface area contributed by atoms with Crippen LogP contribution in [-0.4, -0.2) is 15.7 Å². The number of carbonyl (C=O) groups is 1. The predicted octanol–water partition coefficient (Wildman–Crippen LogP) is 1.91. The lowest BCUT2D eigenvalue weighted by Gasteiger charge is -1.95. The Hall–Kier alpha value is -1.16. The second-order valence-corrected chi connectivity index (χ2v) is 3.16. The highest BCUT2D eigenvalue weighted by atomic mass is 79.9. The molecule has 60 valence electrons. The standard InChI is InChI=1S/C8H5BrN2O/c9-8-3-1-2-7-6(4-12)10-5-11(7)8/h1-5H. The third kappa shape index (κ3) is 0.956. The number of pyridine rings is 1. The first-order valence-corrected chi connectivity index (χ1v) is 4.19. The number of fused-ring (bicyclic) bond motifs is 1. The van der Waals surface area contributed by atoms with Gasteiger partial charge in [0, 0.05) is 0 Å². The van der Waals surface area contributed by atoms with Gasteiger partial charge >= 0.3 is 0 Å². The lowest BCUT2D eigenvalue weighted by molar-refractivity contribution is 0.112. The molecule has 0 bridgehead atoms. The molecule has 4 heteroatoms. The van der Waals surface area contributed by atoms with Crippen LogP contribution >= 0.6 is 15.9 Å². The number of hydrogen-bond donors (Lipinski definition) is 0. The Balaban J connectivity index is 2.88. The molecule has 0 aromatic carbocycles. The number of imidazole rings is 1. The zero-order valence-corrected chi connectivity index (χ0v) is 7.65. The van der Waals surface area contributed by atoms with E-state index in [1.807, 2.05) is 22.6 Å². The summed E-state index contributed by atoms with van der Waals surface area (Å²) in [7, 11) is 0. The number of carbonyl (C=O) groups excluding carboxylic acids is 1. The van der Waals surface area contributed by atoms with Crippen LogP contribution < -0.4 is 0 Å². The van der Waals surface area contributed by atoms with Crippen molar-refractivity contribution in [2.75, 3.05) is 0 Å². The van der Waals surface area contributed by atoms with E-state index >= 15 is 0 Å². The molecule has 0 saturated heterocycles. The van der Waals surface area contributed by atoms with E-state index in [9.17, 15) is 4.79 Å². The third-order valence-corrected chi connectivity index (χ3v) is 2.31. The quantitative estimate of drug-likeness (QED) is 0.548. The zero-order chi connectivity index (χ0) is 8.55. The first-order chi connectivity index (χ1) is 5.83. The topological polar surface area (TPSA) is 34.4 Å². The predicted molar refractivity (Wildman–Crippen MR) is 48.3 cm³/mol.